The van der Waals surface area contributed by atoms with E-state index in [9.17, 15) is 0 Å². The van der Waals surface area contributed by atoms with E-state index in [2.05, 4.69) is 31.2 Å². The second-order valence-corrected chi connectivity index (χ2v) is 3.07. The minimum atomic E-state index is 0.497. The summed E-state index contributed by atoms with van der Waals surface area (Å²) in [5.41, 5.74) is 0. The van der Waals surface area contributed by atoms with Gasteiger partial charge in [-0.2, -0.15) is 5.26 Å². The molecule has 0 rings (SSSR count). The number of nitrogens with zero attached hydrogens (tertiary/aromatic N) is 1. The maximum atomic E-state index is 8.25. The van der Waals surface area contributed by atoms with Crippen LogP contribution in [-0.4, -0.2) is 0 Å². The van der Waals surface area contributed by atoms with Crippen molar-refractivity contribution in [2.75, 3.05) is 0 Å². The van der Waals surface area contributed by atoms with E-state index in [0.717, 1.165) is 6.42 Å². The lowest BCUT2D eigenvalue weighted by molar-refractivity contribution is 0.813. The molecule has 0 unspecified atom stereocenters. The van der Waals surface area contributed by atoms with Crippen molar-refractivity contribution in [2.24, 2.45) is 0 Å². The Hall–Kier alpha value is -1.29. The minimum absolute atomic E-state index is 0.497. The van der Waals surface area contributed by atoms with Crippen LogP contribution in [0.5, 0.6) is 0 Å². The van der Waals surface area contributed by atoms with Gasteiger partial charge in [0.1, 0.15) is 0 Å². The van der Waals surface area contributed by atoms with Crippen molar-refractivity contribution in [1.82, 2.24) is 0 Å². The normalized spacial score (nSPS) is 11.7. The van der Waals surface area contributed by atoms with Crippen LogP contribution in [0.25, 0.3) is 0 Å². The fraction of sp³-hybridized carbons (Fsp3) is 0.462. The van der Waals surface area contributed by atoms with Crippen molar-refractivity contribution < 1.29 is 0 Å². The highest BCUT2D eigenvalue weighted by atomic mass is 14.2. The molecule has 0 aromatic rings. The molecule has 0 radical (unpaired) electrons. The molecule has 0 fully saturated rings. The van der Waals surface area contributed by atoms with Crippen LogP contribution in [0.15, 0.2) is 36.5 Å². The summed E-state index contributed by atoms with van der Waals surface area (Å²) in [6, 6.07) is 2.06. The van der Waals surface area contributed by atoms with Crippen LogP contribution in [0.3, 0.4) is 0 Å². The molecule has 0 aromatic heterocycles. The van der Waals surface area contributed by atoms with Crippen molar-refractivity contribution >= 4 is 0 Å². The van der Waals surface area contributed by atoms with E-state index in [0.29, 0.717) is 6.42 Å². The van der Waals surface area contributed by atoms with Crippen LogP contribution in [0.2, 0.25) is 0 Å². The molecule has 0 N–H and O–H groups in total. The lowest BCUT2D eigenvalue weighted by atomic mass is 10.2. The van der Waals surface area contributed by atoms with Crippen LogP contribution in [-0.2, 0) is 0 Å². The van der Waals surface area contributed by atoms with Crippen LogP contribution in [0.4, 0.5) is 0 Å². The average molecular weight is 189 g/mol. The molecule has 76 valence electrons. The molecule has 0 aliphatic rings. The van der Waals surface area contributed by atoms with Gasteiger partial charge in [-0.15, -0.1) is 0 Å². The zero-order valence-corrected chi connectivity index (χ0v) is 8.95. The molecule has 0 heterocycles. The Morgan fingerprint density at radius 1 is 1.07 bits per heavy atom. The number of nitriles is 1. The fourth-order valence-electron chi connectivity index (χ4n) is 0.971. The van der Waals surface area contributed by atoms with Gasteiger partial charge in [-0.05, 0) is 12.8 Å². The first kappa shape index (κ1) is 12.7. The SMILES string of the molecule is CCCC/C=C/C/C=C/C=C/CC#N. The maximum absolute atomic E-state index is 8.25. The second-order valence-electron chi connectivity index (χ2n) is 3.07. The zero-order valence-electron chi connectivity index (χ0n) is 8.95. The molecule has 0 atom stereocenters. The highest BCUT2D eigenvalue weighted by Gasteiger charge is 1.76. The van der Waals surface area contributed by atoms with Gasteiger partial charge in [0.15, 0.2) is 0 Å². The molecule has 0 aliphatic carbocycles. The summed E-state index contributed by atoms with van der Waals surface area (Å²) in [4.78, 5) is 0. The van der Waals surface area contributed by atoms with Crippen molar-refractivity contribution in [1.29, 1.82) is 5.26 Å². The number of allylic oxidation sites excluding steroid dienone is 6. The second kappa shape index (κ2) is 11.7. The summed E-state index contributed by atoms with van der Waals surface area (Å²) in [5.74, 6) is 0. The maximum Gasteiger partial charge on any atom is 0.0663 e. The molecule has 0 aromatic carbocycles. The van der Waals surface area contributed by atoms with Gasteiger partial charge in [-0.3, -0.25) is 0 Å². The van der Waals surface area contributed by atoms with E-state index < -0.39 is 0 Å². The van der Waals surface area contributed by atoms with E-state index in [1.165, 1.54) is 19.3 Å². The van der Waals surface area contributed by atoms with Crippen molar-refractivity contribution in [3.63, 3.8) is 0 Å². The monoisotopic (exact) mass is 189 g/mol. The molecule has 1 heteroatoms. The molecule has 0 bridgehead atoms. The third-order valence-corrected chi connectivity index (χ3v) is 1.76. The summed E-state index contributed by atoms with van der Waals surface area (Å²) in [7, 11) is 0. The van der Waals surface area contributed by atoms with Gasteiger partial charge in [0.05, 0.1) is 12.5 Å². The Morgan fingerprint density at radius 3 is 2.57 bits per heavy atom. The van der Waals surface area contributed by atoms with Gasteiger partial charge < -0.3 is 0 Å². The summed E-state index contributed by atoms with van der Waals surface area (Å²) in [6.45, 7) is 2.20. The van der Waals surface area contributed by atoms with Gasteiger partial charge in [0.2, 0.25) is 0 Å². The van der Waals surface area contributed by atoms with Crippen LogP contribution in [0, 0.1) is 11.3 Å². The van der Waals surface area contributed by atoms with Gasteiger partial charge in [-0.1, -0.05) is 56.2 Å². The first-order valence-corrected chi connectivity index (χ1v) is 5.25. The lowest BCUT2D eigenvalue weighted by Gasteiger charge is -1.86. The number of hydrogen-bond acceptors (Lipinski definition) is 1. The highest BCUT2D eigenvalue weighted by molar-refractivity contribution is 5.06. The van der Waals surface area contributed by atoms with E-state index in [-0.39, 0.29) is 0 Å². The summed E-state index contributed by atoms with van der Waals surface area (Å²) in [6.07, 6.45) is 17.5. The number of rotatable bonds is 7. The molecule has 1 nitrogen and oxygen atoms in total. The van der Waals surface area contributed by atoms with E-state index >= 15 is 0 Å². The Morgan fingerprint density at radius 2 is 1.86 bits per heavy atom. The Bertz CT molecular complexity index is 228. The zero-order chi connectivity index (χ0) is 10.5. The number of hydrogen-bond donors (Lipinski definition) is 0. The smallest absolute Gasteiger partial charge is 0.0663 e. The predicted molar refractivity (Wildman–Crippen MR) is 61.8 cm³/mol. The van der Waals surface area contributed by atoms with Gasteiger partial charge in [-0.25, -0.2) is 0 Å². The summed E-state index contributed by atoms with van der Waals surface area (Å²) >= 11 is 0. The van der Waals surface area contributed by atoms with E-state index in [1.54, 1.807) is 0 Å². The Balaban J connectivity index is 3.35. The van der Waals surface area contributed by atoms with Crippen LogP contribution in [0.1, 0.15) is 39.0 Å². The van der Waals surface area contributed by atoms with Crippen molar-refractivity contribution in [3.8, 4) is 6.07 Å². The van der Waals surface area contributed by atoms with E-state index in [1.807, 2.05) is 18.2 Å². The summed E-state index contributed by atoms with van der Waals surface area (Å²) < 4.78 is 0. The Labute approximate surface area is 87.4 Å². The third-order valence-electron chi connectivity index (χ3n) is 1.76. The first-order chi connectivity index (χ1) is 6.91. The largest absolute Gasteiger partial charge is 0.198 e. The molecule has 0 saturated carbocycles. The molecular weight excluding hydrogens is 170 g/mol. The van der Waals surface area contributed by atoms with Gasteiger partial charge >= 0.3 is 0 Å². The van der Waals surface area contributed by atoms with E-state index in [4.69, 9.17) is 5.26 Å². The van der Waals surface area contributed by atoms with Crippen LogP contribution < -0.4 is 0 Å². The fourth-order valence-corrected chi connectivity index (χ4v) is 0.971. The topological polar surface area (TPSA) is 23.8 Å². The van der Waals surface area contributed by atoms with Crippen LogP contribution >= 0.6 is 0 Å². The molecule has 0 amide bonds. The molecular formula is C13H19N. The van der Waals surface area contributed by atoms with Crippen molar-refractivity contribution in [3.05, 3.63) is 36.5 Å². The molecule has 14 heavy (non-hydrogen) atoms. The molecule has 0 saturated heterocycles. The molecule has 0 aliphatic heterocycles. The highest BCUT2D eigenvalue weighted by Crippen LogP contribution is 1.96. The molecule has 0 spiro atoms. The predicted octanol–water partition coefficient (Wildman–Crippen LogP) is 4.15. The standard InChI is InChI=1S/C13H19N/c1-2-3-4-5-6-7-8-9-10-11-12-13-14/h5-6,8-11H,2-4,7,12H2,1H3/b6-5+,9-8+,11-10+. The van der Waals surface area contributed by atoms with Gasteiger partial charge in [0, 0.05) is 0 Å². The quantitative estimate of drug-likeness (QED) is 0.335. The van der Waals surface area contributed by atoms with Gasteiger partial charge in [0.25, 0.3) is 0 Å². The first-order valence-electron chi connectivity index (χ1n) is 5.25. The minimum Gasteiger partial charge on any atom is -0.198 e. The lowest BCUT2D eigenvalue weighted by Crippen LogP contribution is -1.66. The Kier molecular flexibility index (Phi) is 10.6. The average Bonchev–Trinajstić information content (AvgIpc) is 2.21. The third kappa shape index (κ3) is 10.7. The summed E-state index contributed by atoms with van der Waals surface area (Å²) in [5, 5.41) is 8.25. The number of unbranched alkanes of at least 4 members (excludes halogenated alkanes) is 2. The van der Waals surface area contributed by atoms with Crippen molar-refractivity contribution in [2.45, 2.75) is 39.0 Å².